The summed E-state index contributed by atoms with van der Waals surface area (Å²) in [6.07, 6.45) is 5.26. The van der Waals surface area contributed by atoms with E-state index in [2.05, 4.69) is 17.1 Å². The fourth-order valence-electron chi connectivity index (χ4n) is 4.19. The average Bonchev–Trinajstić information content (AvgIpc) is 2.78. The highest BCUT2D eigenvalue weighted by Gasteiger charge is 2.28. The first-order valence-corrected chi connectivity index (χ1v) is 12.7. The van der Waals surface area contributed by atoms with Gasteiger partial charge in [-0.25, -0.2) is 13.4 Å². The van der Waals surface area contributed by atoms with E-state index in [1.807, 2.05) is 19.1 Å². The predicted molar refractivity (Wildman–Crippen MR) is 136 cm³/mol. The van der Waals surface area contributed by atoms with Crippen molar-refractivity contribution >= 4 is 40.0 Å². The molecule has 0 aliphatic carbocycles. The molecular formula is C22H37IN4O3S. The molecule has 1 aromatic rings. The van der Waals surface area contributed by atoms with Crippen LogP contribution in [0.25, 0.3) is 0 Å². The maximum absolute atomic E-state index is 13.2. The molecule has 0 saturated carbocycles. The van der Waals surface area contributed by atoms with E-state index in [0.29, 0.717) is 30.6 Å². The maximum Gasteiger partial charge on any atom is 0.243 e. The number of sulfonamides is 1. The monoisotopic (exact) mass is 564 g/mol. The number of piperidine rings is 2. The minimum Gasteiger partial charge on any atom is -0.378 e. The number of guanidine groups is 1. The van der Waals surface area contributed by atoms with Crippen LogP contribution in [0.2, 0.25) is 0 Å². The number of nitrogens with zero attached hydrogens (tertiary/aromatic N) is 3. The van der Waals surface area contributed by atoms with Gasteiger partial charge in [0.1, 0.15) is 0 Å². The molecule has 0 aromatic heterocycles. The molecule has 1 aromatic carbocycles. The highest BCUT2D eigenvalue weighted by molar-refractivity contribution is 14.0. The summed E-state index contributed by atoms with van der Waals surface area (Å²) in [6.45, 7) is 8.96. The van der Waals surface area contributed by atoms with Crippen LogP contribution in [0.15, 0.2) is 34.2 Å². The maximum atomic E-state index is 13.2. The van der Waals surface area contributed by atoms with Gasteiger partial charge < -0.3 is 15.0 Å². The fraction of sp³-hybridized carbons (Fsp3) is 0.682. The summed E-state index contributed by atoms with van der Waals surface area (Å²) in [6, 6.07) is 7.29. The third-order valence-electron chi connectivity index (χ3n) is 5.78. The summed E-state index contributed by atoms with van der Waals surface area (Å²) in [7, 11) is -3.48. The molecule has 2 heterocycles. The molecule has 2 aliphatic heterocycles. The Kier molecular flexibility index (Phi) is 11.0. The van der Waals surface area contributed by atoms with Gasteiger partial charge in [0.25, 0.3) is 0 Å². The minimum atomic E-state index is -3.48. The van der Waals surface area contributed by atoms with Gasteiger partial charge in [0.2, 0.25) is 10.0 Å². The Balaban J connectivity index is 0.00000341. The topological polar surface area (TPSA) is 74.2 Å². The molecule has 0 unspecified atom stereocenters. The van der Waals surface area contributed by atoms with Crippen LogP contribution in [0.4, 0.5) is 0 Å². The van der Waals surface area contributed by atoms with Crippen LogP contribution < -0.4 is 5.32 Å². The zero-order chi connectivity index (χ0) is 21.4. The first kappa shape index (κ1) is 26.3. The van der Waals surface area contributed by atoms with Gasteiger partial charge in [-0.2, -0.15) is 4.31 Å². The van der Waals surface area contributed by atoms with Crippen molar-refractivity contribution in [3.05, 3.63) is 29.8 Å². The number of hydrogen-bond donors (Lipinski definition) is 1. The number of halogens is 1. The summed E-state index contributed by atoms with van der Waals surface area (Å²) in [5.74, 6) is 0.845. The Morgan fingerprint density at radius 1 is 1.10 bits per heavy atom. The van der Waals surface area contributed by atoms with E-state index < -0.39 is 10.0 Å². The van der Waals surface area contributed by atoms with Crippen molar-refractivity contribution in [3.63, 3.8) is 0 Å². The van der Waals surface area contributed by atoms with Crippen molar-refractivity contribution in [2.24, 2.45) is 4.99 Å². The Bertz CT molecular complexity index is 805. The van der Waals surface area contributed by atoms with Crippen LogP contribution in [0.1, 0.15) is 51.5 Å². The molecule has 1 N–H and O–H groups in total. The summed E-state index contributed by atoms with van der Waals surface area (Å²) < 4.78 is 33.8. The van der Waals surface area contributed by atoms with E-state index in [-0.39, 0.29) is 24.0 Å². The van der Waals surface area contributed by atoms with Crippen molar-refractivity contribution in [3.8, 4) is 0 Å². The van der Waals surface area contributed by atoms with Gasteiger partial charge >= 0.3 is 0 Å². The van der Waals surface area contributed by atoms with E-state index in [4.69, 9.17) is 9.73 Å². The zero-order valence-electron chi connectivity index (χ0n) is 18.8. The third kappa shape index (κ3) is 7.03. The van der Waals surface area contributed by atoms with E-state index >= 15 is 0 Å². The fourth-order valence-corrected chi connectivity index (χ4v) is 5.92. The Morgan fingerprint density at radius 2 is 1.77 bits per heavy atom. The van der Waals surface area contributed by atoms with Crippen molar-refractivity contribution in [2.45, 2.75) is 63.5 Å². The van der Waals surface area contributed by atoms with Gasteiger partial charge in [0.05, 0.1) is 17.5 Å². The summed E-state index contributed by atoms with van der Waals surface area (Å²) in [5.41, 5.74) is 0.752. The van der Waals surface area contributed by atoms with E-state index in [9.17, 15) is 8.42 Å². The van der Waals surface area contributed by atoms with Gasteiger partial charge in [0, 0.05) is 39.3 Å². The lowest BCUT2D eigenvalue weighted by Crippen LogP contribution is -2.47. The lowest BCUT2D eigenvalue weighted by atomic mass is 10.1. The van der Waals surface area contributed by atoms with Crippen LogP contribution in [0.3, 0.4) is 0 Å². The largest absolute Gasteiger partial charge is 0.378 e. The number of rotatable bonds is 7. The number of likely N-dealkylation sites (tertiary alicyclic amines) is 1. The number of nitrogens with one attached hydrogen (secondary N) is 1. The molecular weight excluding hydrogens is 527 g/mol. The van der Waals surface area contributed by atoms with Crippen molar-refractivity contribution in [1.82, 2.24) is 14.5 Å². The smallest absolute Gasteiger partial charge is 0.243 e. The van der Waals surface area contributed by atoms with E-state index in [1.165, 1.54) is 0 Å². The molecule has 0 atom stereocenters. The van der Waals surface area contributed by atoms with Crippen molar-refractivity contribution < 1.29 is 13.2 Å². The second-order valence-electron chi connectivity index (χ2n) is 7.88. The average molecular weight is 565 g/mol. The van der Waals surface area contributed by atoms with Crippen LogP contribution in [0.5, 0.6) is 0 Å². The van der Waals surface area contributed by atoms with Crippen molar-refractivity contribution in [2.75, 3.05) is 39.3 Å². The molecule has 3 rings (SSSR count). The molecule has 7 nitrogen and oxygen atoms in total. The highest BCUT2D eigenvalue weighted by atomic mass is 127. The second-order valence-corrected chi connectivity index (χ2v) is 9.79. The number of benzene rings is 1. The highest BCUT2D eigenvalue weighted by Crippen LogP contribution is 2.24. The second kappa shape index (κ2) is 13.0. The van der Waals surface area contributed by atoms with Gasteiger partial charge in [-0.15, -0.1) is 24.0 Å². The lowest BCUT2D eigenvalue weighted by Gasteiger charge is -2.34. The molecule has 31 heavy (non-hydrogen) atoms. The standard InChI is InChI=1S/C22H36N4O3S.HI/c1-3-23-22(25-16-12-20(13-17-25)29-4-2)24-18-19-10-6-7-11-21(19)30(27,28)26-14-8-5-9-15-26;/h6-7,10-11,20H,3-5,8-9,12-18H2,1-2H3,(H,23,24);1H. The molecule has 0 radical (unpaired) electrons. The molecule has 0 spiro atoms. The van der Waals surface area contributed by atoms with Crippen LogP contribution in [-0.2, 0) is 21.3 Å². The van der Waals surface area contributed by atoms with Gasteiger partial charge in [0.15, 0.2) is 5.96 Å². The zero-order valence-corrected chi connectivity index (χ0v) is 21.9. The lowest BCUT2D eigenvalue weighted by molar-refractivity contribution is 0.0263. The van der Waals surface area contributed by atoms with Crippen LogP contribution in [-0.4, -0.2) is 69.0 Å². The number of ether oxygens (including phenoxy) is 1. The molecule has 176 valence electrons. The molecule has 0 amide bonds. The van der Waals surface area contributed by atoms with E-state index in [1.54, 1.807) is 16.4 Å². The van der Waals surface area contributed by atoms with Crippen LogP contribution in [0, 0.1) is 0 Å². The van der Waals surface area contributed by atoms with E-state index in [0.717, 1.165) is 69.9 Å². The molecule has 2 aliphatic rings. The van der Waals surface area contributed by atoms with Crippen LogP contribution >= 0.6 is 24.0 Å². The number of aliphatic imine (C=N–C) groups is 1. The van der Waals surface area contributed by atoms with Gasteiger partial charge in [-0.1, -0.05) is 24.6 Å². The third-order valence-corrected chi connectivity index (χ3v) is 7.78. The summed E-state index contributed by atoms with van der Waals surface area (Å²) in [5, 5.41) is 3.37. The Hall–Kier alpha value is -0.910. The Labute approximate surface area is 204 Å². The van der Waals surface area contributed by atoms with Gasteiger partial charge in [-0.05, 0) is 51.2 Å². The molecule has 9 heteroatoms. The van der Waals surface area contributed by atoms with Crippen molar-refractivity contribution in [1.29, 1.82) is 0 Å². The minimum absolute atomic E-state index is 0. The molecule has 0 bridgehead atoms. The van der Waals surface area contributed by atoms with Gasteiger partial charge in [-0.3, -0.25) is 0 Å². The first-order chi connectivity index (χ1) is 14.6. The summed E-state index contributed by atoms with van der Waals surface area (Å²) >= 11 is 0. The molecule has 2 fully saturated rings. The SMILES string of the molecule is CCNC(=NCc1ccccc1S(=O)(=O)N1CCCCC1)N1CCC(OCC)CC1.I. The molecule has 2 saturated heterocycles. The predicted octanol–water partition coefficient (Wildman–Crippen LogP) is 3.45. The normalized spacial score (nSPS) is 19.2. The number of hydrogen-bond acceptors (Lipinski definition) is 4. The first-order valence-electron chi connectivity index (χ1n) is 11.3. The summed E-state index contributed by atoms with van der Waals surface area (Å²) in [4.78, 5) is 7.45. The quantitative estimate of drug-likeness (QED) is 0.312. The Morgan fingerprint density at radius 3 is 2.42 bits per heavy atom.